The SMILES string of the molecule is CCCC1CNC(CC)CN1CCSC. The molecule has 0 saturated carbocycles. The number of hydrogen-bond donors (Lipinski definition) is 1. The van der Waals surface area contributed by atoms with Crippen LogP contribution in [0.2, 0.25) is 0 Å². The lowest BCUT2D eigenvalue weighted by Crippen LogP contribution is -2.56. The highest BCUT2D eigenvalue weighted by atomic mass is 32.2. The van der Waals surface area contributed by atoms with E-state index in [1.165, 1.54) is 44.6 Å². The summed E-state index contributed by atoms with van der Waals surface area (Å²) in [5, 5.41) is 3.66. The van der Waals surface area contributed by atoms with Gasteiger partial charge in [0.25, 0.3) is 0 Å². The fraction of sp³-hybridized carbons (Fsp3) is 1.00. The van der Waals surface area contributed by atoms with Crippen LogP contribution in [0.3, 0.4) is 0 Å². The smallest absolute Gasteiger partial charge is 0.0221 e. The molecule has 0 aromatic rings. The zero-order chi connectivity index (χ0) is 11.1. The maximum atomic E-state index is 3.66. The summed E-state index contributed by atoms with van der Waals surface area (Å²) in [6.07, 6.45) is 6.11. The predicted molar refractivity (Wildman–Crippen MR) is 70.7 cm³/mol. The minimum Gasteiger partial charge on any atom is -0.311 e. The standard InChI is InChI=1S/C12H26N2S/c1-4-6-12-9-13-11(5-2)10-14(12)7-8-15-3/h11-13H,4-10H2,1-3H3. The van der Waals surface area contributed by atoms with Crippen molar-refractivity contribution in [2.24, 2.45) is 0 Å². The monoisotopic (exact) mass is 230 g/mol. The molecule has 0 radical (unpaired) electrons. The molecule has 1 heterocycles. The highest BCUT2D eigenvalue weighted by Crippen LogP contribution is 2.14. The first kappa shape index (κ1) is 13.3. The number of nitrogens with one attached hydrogen (secondary N) is 1. The number of hydrogen-bond acceptors (Lipinski definition) is 3. The van der Waals surface area contributed by atoms with Crippen LogP contribution in [0.25, 0.3) is 0 Å². The van der Waals surface area contributed by atoms with E-state index in [2.05, 4.69) is 30.3 Å². The molecule has 1 aliphatic rings. The van der Waals surface area contributed by atoms with Crippen LogP contribution in [0.15, 0.2) is 0 Å². The second kappa shape index (κ2) is 7.53. The van der Waals surface area contributed by atoms with Gasteiger partial charge < -0.3 is 5.32 Å². The zero-order valence-electron chi connectivity index (χ0n) is 10.5. The molecule has 0 aromatic heterocycles. The Kier molecular flexibility index (Phi) is 6.69. The van der Waals surface area contributed by atoms with E-state index in [4.69, 9.17) is 0 Å². The second-order valence-corrected chi connectivity index (χ2v) is 5.43. The van der Waals surface area contributed by atoms with Crippen molar-refractivity contribution >= 4 is 11.8 Å². The van der Waals surface area contributed by atoms with Crippen LogP contribution in [0, 0.1) is 0 Å². The zero-order valence-corrected chi connectivity index (χ0v) is 11.3. The summed E-state index contributed by atoms with van der Waals surface area (Å²) >= 11 is 1.96. The topological polar surface area (TPSA) is 15.3 Å². The minimum absolute atomic E-state index is 0.722. The van der Waals surface area contributed by atoms with E-state index in [1.54, 1.807) is 0 Å². The Labute approximate surface area is 99.2 Å². The van der Waals surface area contributed by atoms with E-state index in [-0.39, 0.29) is 0 Å². The quantitative estimate of drug-likeness (QED) is 0.753. The summed E-state index contributed by atoms with van der Waals surface area (Å²) in [6, 6.07) is 1.50. The lowest BCUT2D eigenvalue weighted by molar-refractivity contribution is 0.129. The summed E-state index contributed by atoms with van der Waals surface area (Å²) < 4.78 is 0. The van der Waals surface area contributed by atoms with Gasteiger partial charge in [-0.1, -0.05) is 20.3 Å². The minimum atomic E-state index is 0.722. The average Bonchev–Trinajstić information content (AvgIpc) is 2.28. The first-order valence-electron chi connectivity index (χ1n) is 6.28. The van der Waals surface area contributed by atoms with Crippen molar-refractivity contribution < 1.29 is 0 Å². The molecule has 2 atom stereocenters. The molecule has 2 nitrogen and oxygen atoms in total. The number of nitrogens with zero attached hydrogens (tertiary/aromatic N) is 1. The molecule has 0 aliphatic carbocycles. The summed E-state index contributed by atoms with van der Waals surface area (Å²) in [7, 11) is 0. The van der Waals surface area contributed by atoms with Gasteiger partial charge >= 0.3 is 0 Å². The molecule has 0 amide bonds. The number of rotatable bonds is 6. The van der Waals surface area contributed by atoms with Crippen LogP contribution in [-0.4, -0.2) is 48.6 Å². The predicted octanol–water partition coefficient (Wildman–Crippen LogP) is 2.20. The van der Waals surface area contributed by atoms with Crippen molar-refractivity contribution in [3.8, 4) is 0 Å². The highest BCUT2D eigenvalue weighted by Gasteiger charge is 2.25. The van der Waals surface area contributed by atoms with Crippen LogP contribution in [0.5, 0.6) is 0 Å². The van der Waals surface area contributed by atoms with Crippen LogP contribution in [-0.2, 0) is 0 Å². The molecule has 1 fully saturated rings. The molecular formula is C12H26N2S. The van der Waals surface area contributed by atoms with E-state index in [1.807, 2.05) is 11.8 Å². The van der Waals surface area contributed by atoms with Crippen LogP contribution in [0.1, 0.15) is 33.1 Å². The Morgan fingerprint density at radius 1 is 1.40 bits per heavy atom. The Hall–Kier alpha value is 0.270. The summed E-state index contributed by atoms with van der Waals surface area (Å²) in [5.74, 6) is 1.27. The van der Waals surface area contributed by atoms with Crippen molar-refractivity contribution in [1.29, 1.82) is 0 Å². The maximum absolute atomic E-state index is 3.66. The van der Waals surface area contributed by atoms with Crippen LogP contribution >= 0.6 is 11.8 Å². The molecule has 1 aliphatic heterocycles. The summed E-state index contributed by atoms with van der Waals surface area (Å²) in [4.78, 5) is 2.70. The number of thioether (sulfide) groups is 1. The normalized spacial score (nSPS) is 28.2. The highest BCUT2D eigenvalue weighted by molar-refractivity contribution is 7.98. The van der Waals surface area contributed by atoms with Crippen molar-refractivity contribution in [3.63, 3.8) is 0 Å². The lowest BCUT2D eigenvalue weighted by atomic mass is 10.0. The van der Waals surface area contributed by atoms with Crippen molar-refractivity contribution in [3.05, 3.63) is 0 Å². The Bertz CT molecular complexity index is 164. The van der Waals surface area contributed by atoms with Gasteiger partial charge in [-0.25, -0.2) is 0 Å². The molecule has 1 rings (SSSR count). The summed E-state index contributed by atoms with van der Waals surface area (Å²) in [6.45, 7) is 8.29. The van der Waals surface area contributed by atoms with Gasteiger partial charge in [0.05, 0.1) is 0 Å². The van der Waals surface area contributed by atoms with Gasteiger partial charge in [0.15, 0.2) is 0 Å². The van der Waals surface area contributed by atoms with Gasteiger partial charge in [-0.05, 0) is 19.1 Å². The third kappa shape index (κ3) is 4.33. The van der Waals surface area contributed by atoms with Crippen molar-refractivity contribution in [1.82, 2.24) is 10.2 Å². The van der Waals surface area contributed by atoms with Crippen LogP contribution in [0.4, 0.5) is 0 Å². The molecule has 2 unspecified atom stereocenters. The fourth-order valence-electron chi connectivity index (χ4n) is 2.30. The largest absolute Gasteiger partial charge is 0.311 e. The lowest BCUT2D eigenvalue weighted by Gasteiger charge is -2.40. The molecule has 15 heavy (non-hydrogen) atoms. The van der Waals surface area contributed by atoms with Gasteiger partial charge in [0.1, 0.15) is 0 Å². The molecule has 0 aromatic carbocycles. The Morgan fingerprint density at radius 3 is 2.80 bits per heavy atom. The molecule has 1 N–H and O–H groups in total. The third-order valence-electron chi connectivity index (χ3n) is 3.31. The van der Waals surface area contributed by atoms with Crippen molar-refractivity contribution in [2.45, 2.75) is 45.2 Å². The Morgan fingerprint density at radius 2 is 2.20 bits per heavy atom. The van der Waals surface area contributed by atoms with Crippen molar-refractivity contribution in [2.75, 3.05) is 31.6 Å². The first-order valence-corrected chi connectivity index (χ1v) is 7.67. The van der Waals surface area contributed by atoms with Gasteiger partial charge in [-0.15, -0.1) is 0 Å². The van der Waals surface area contributed by atoms with E-state index >= 15 is 0 Å². The Balaban J connectivity index is 2.40. The van der Waals surface area contributed by atoms with E-state index in [0.717, 1.165) is 12.1 Å². The van der Waals surface area contributed by atoms with E-state index in [0.29, 0.717) is 0 Å². The second-order valence-electron chi connectivity index (χ2n) is 4.44. The first-order chi connectivity index (χ1) is 7.31. The third-order valence-corrected chi connectivity index (χ3v) is 3.90. The number of piperazine rings is 1. The van der Waals surface area contributed by atoms with E-state index in [9.17, 15) is 0 Å². The molecule has 3 heteroatoms. The molecule has 90 valence electrons. The fourth-order valence-corrected chi connectivity index (χ4v) is 2.72. The molecule has 0 spiro atoms. The summed E-state index contributed by atoms with van der Waals surface area (Å²) in [5.41, 5.74) is 0. The van der Waals surface area contributed by atoms with Crippen LogP contribution < -0.4 is 5.32 Å². The van der Waals surface area contributed by atoms with Gasteiger partial charge in [0.2, 0.25) is 0 Å². The average molecular weight is 230 g/mol. The molecular weight excluding hydrogens is 204 g/mol. The maximum Gasteiger partial charge on any atom is 0.0221 e. The molecule has 0 bridgehead atoms. The van der Waals surface area contributed by atoms with Gasteiger partial charge in [-0.3, -0.25) is 4.90 Å². The van der Waals surface area contributed by atoms with Gasteiger partial charge in [0, 0.05) is 37.5 Å². The van der Waals surface area contributed by atoms with E-state index < -0.39 is 0 Å². The van der Waals surface area contributed by atoms with Gasteiger partial charge in [-0.2, -0.15) is 11.8 Å². The molecule has 1 saturated heterocycles.